The van der Waals surface area contributed by atoms with E-state index in [1.165, 1.54) is 16.8 Å². The van der Waals surface area contributed by atoms with Crippen molar-refractivity contribution in [1.82, 2.24) is 10.6 Å². The van der Waals surface area contributed by atoms with Crippen molar-refractivity contribution in [3.05, 3.63) is 65.7 Å². The lowest BCUT2D eigenvalue weighted by Gasteiger charge is -2.19. The first-order chi connectivity index (χ1) is 12.1. The van der Waals surface area contributed by atoms with Crippen LogP contribution in [0.2, 0.25) is 0 Å². The maximum Gasteiger partial charge on any atom is 0.191 e. The number of aryl methyl sites for hydroxylation is 1. The van der Waals surface area contributed by atoms with E-state index in [-0.39, 0.29) is 24.0 Å². The molecule has 0 bridgehead atoms. The maximum absolute atomic E-state index is 4.34. The van der Waals surface area contributed by atoms with Crippen molar-refractivity contribution >= 4 is 35.6 Å². The Morgan fingerprint density at radius 1 is 1.04 bits per heavy atom. The van der Waals surface area contributed by atoms with Gasteiger partial charge in [-0.15, -0.1) is 24.0 Å². The Labute approximate surface area is 175 Å². The number of benzene rings is 2. The molecule has 1 atom stereocenters. The molecule has 0 aliphatic heterocycles. The van der Waals surface area contributed by atoms with Crippen LogP contribution in [0.1, 0.15) is 24.5 Å². The number of rotatable bonds is 7. The summed E-state index contributed by atoms with van der Waals surface area (Å²) in [6.45, 7) is 2.95. The van der Waals surface area contributed by atoms with Gasteiger partial charge in [-0.1, -0.05) is 42.5 Å². The zero-order chi connectivity index (χ0) is 18.1. The minimum Gasteiger partial charge on any atom is -0.378 e. The van der Waals surface area contributed by atoms with Gasteiger partial charge in [-0.3, -0.25) is 4.99 Å². The lowest BCUT2D eigenvalue weighted by Crippen LogP contribution is -2.42. The minimum atomic E-state index is 0. The smallest absolute Gasteiger partial charge is 0.191 e. The number of hydrogen-bond acceptors (Lipinski definition) is 2. The molecule has 4 nitrogen and oxygen atoms in total. The average Bonchev–Trinajstić information content (AvgIpc) is 2.64. The topological polar surface area (TPSA) is 39.7 Å². The van der Waals surface area contributed by atoms with Crippen LogP contribution in [0, 0.1) is 0 Å². The van der Waals surface area contributed by atoms with Crippen molar-refractivity contribution in [2.24, 2.45) is 4.99 Å². The molecule has 5 heteroatoms. The van der Waals surface area contributed by atoms with Crippen molar-refractivity contribution < 1.29 is 0 Å². The highest BCUT2D eigenvalue weighted by Crippen LogP contribution is 2.13. The first-order valence-corrected chi connectivity index (χ1v) is 8.86. The third-order valence-corrected chi connectivity index (χ3v) is 4.20. The highest BCUT2D eigenvalue weighted by atomic mass is 127. The molecule has 0 amide bonds. The number of nitrogens with zero attached hydrogens (tertiary/aromatic N) is 2. The molecule has 2 N–H and O–H groups in total. The number of nitrogens with one attached hydrogen (secondary N) is 2. The van der Waals surface area contributed by atoms with Crippen LogP contribution in [0.5, 0.6) is 0 Å². The second-order valence-corrected chi connectivity index (χ2v) is 6.56. The maximum atomic E-state index is 4.34. The van der Waals surface area contributed by atoms with E-state index in [2.05, 4.69) is 96.1 Å². The third kappa shape index (κ3) is 7.64. The van der Waals surface area contributed by atoms with Gasteiger partial charge in [0.2, 0.25) is 0 Å². The van der Waals surface area contributed by atoms with Crippen molar-refractivity contribution in [2.45, 2.75) is 32.4 Å². The molecule has 0 aliphatic rings. The second kappa shape index (κ2) is 11.8. The van der Waals surface area contributed by atoms with Crippen molar-refractivity contribution in [3.63, 3.8) is 0 Å². The van der Waals surface area contributed by atoms with Crippen LogP contribution in [0.25, 0.3) is 0 Å². The Morgan fingerprint density at radius 2 is 1.73 bits per heavy atom. The van der Waals surface area contributed by atoms with Crippen LogP contribution >= 0.6 is 24.0 Å². The van der Waals surface area contributed by atoms with Gasteiger partial charge in [-0.2, -0.15) is 0 Å². The Morgan fingerprint density at radius 3 is 2.38 bits per heavy atom. The lowest BCUT2D eigenvalue weighted by molar-refractivity contribution is 0.593. The summed E-state index contributed by atoms with van der Waals surface area (Å²) >= 11 is 0. The van der Waals surface area contributed by atoms with Gasteiger partial charge in [-0.25, -0.2) is 0 Å². The Kier molecular flexibility index (Phi) is 10.1. The van der Waals surface area contributed by atoms with E-state index in [1.807, 2.05) is 7.05 Å². The Bertz CT molecular complexity index is 671. The molecule has 0 heterocycles. The van der Waals surface area contributed by atoms with Crippen molar-refractivity contribution in [1.29, 1.82) is 0 Å². The highest BCUT2D eigenvalue weighted by molar-refractivity contribution is 14.0. The normalized spacial score (nSPS) is 12.1. The molecule has 2 rings (SSSR count). The van der Waals surface area contributed by atoms with Gasteiger partial charge in [0.1, 0.15) is 0 Å². The molecule has 142 valence electrons. The summed E-state index contributed by atoms with van der Waals surface area (Å²) in [5, 5.41) is 6.87. The molecular weight excluding hydrogens is 435 g/mol. The zero-order valence-electron chi connectivity index (χ0n) is 16.2. The van der Waals surface area contributed by atoms with E-state index in [9.17, 15) is 0 Å². The average molecular weight is 466 g/mol. The third-order valence-electron chi connectivity index (χ3n) is 4.20. The molecule has 0 spiro atoms. The van der Waals surface area contributed by atoms with Crippen LogP contribution in [0.4, 0.5) is 5.69 Å². The van der Waals surface area contributed by atoms with Crippen molar-refractivity contribution in [2.75, 3.05) is 26.0 Å². The fraction of sp³-hybridized carbons (Fsp3) is 0.381. The van der Waals surface area contributed by atoms with Crippen LogP contribution < -0.4 is 15.5 Å². The van der Waals surface area contributed by atoms with Gasteiger partial charge in [0, 0.05) is 39.4 Å². The summed E-state index contributed by atoms with van der Waals surface area (Å²) in [6.07, 6.45) is 2.14. The van der Waals surface area contributed by atoms with Crippen LogP contribution in [0.15, 0.2) is 59.6 Å². The molecule has 26 heavy (non-hydrogen) atoms. The van der Waals surface area contributed by atoms with E-state index in [0.717, 1.165) is 25.3 Å². The SMILES string of the molecule is CN=C(NCc1cccc(N(C)C)c1)NC(C)CCc1ccccc1.I. The summed E-state index contributed by atoms with van der Waals surface area (Å²) in [5.74, 6) is 0.843. The highest BCUT2D eigenvalue weighted by Gasteiger charge is 2.06. The van der Waals surface area contributed by atoms with Gasteiger partial charge < -0.3 is 15.5 Å². The molecule has 1 unspecified atom stereocenters. The molecule has 0 fully saturated rings. The number of halogens is 1. The van der Waals surface area contributed by atoms with Gasteiger partial charge in [-0.05, 0) is 43.0 Å². The zero-order valence-corrected chi connectivity index (χ0v) is 18.5. The van der Waals surface area contributed by atoms with Crippen LogP contribution in [0.3, 0.4) is 0 Å². The fourth-order valence-corrected chi connectivity index (χ4v) is 2.66. The predicted octanol–water partition coefficient (Wildman–Crippen LogP) is 4.06. The predicted molar refractivity (Wildman–Crippen MR) is 124 cm³/mol. The first kappa shape index (κ1) is 22.3. The summed E-state index contributed by atoms with van der Waals surface area (Å²) in [5.41, 5.74) is 3.82. The van der Waals surface area contributed by atoms with Crippen LogP contribution in [-0.4, -0.2) is 33.1 Å². The standard InChI is InChI=1S/C21H30N4.HI/c1-17(13-14-18-9-6-5-7-10-18)24-21(22-2)23-16-19-11-8-12-20(15-19)25(3)4;/h5-12,15,17H,13-14,16H2,1-4H3,(H2,22,23,24);1H. The number of hydrogen-bond donors (Lipinski definition) is 2. The van der Waals surface area contributed by atoms with E-state index in [0.29, 0.717) is 6.04 Å². The van der Waals surface area contributed by atoms with Gasteiger partial charge in [0.25, 0.3) is 0 Å². The number of guanidine groups is 1. The molecular formula is C21H31IN4. The summed E-state index contributed by atoms with van der Waals surface area (Å²) in [7, 11) is 5.93. The van der Waals surface area contributed by atoms with Gasteiger partial charge in [0.15, 0.2) is 5.96 Å². The monoisotopic (exact) mass is 466 g/mol. The van der Waals surface area contributed by atoms with Crippen LogP contribution in [-0.2, 0) is 13.0 Å². The molecule has 0 aliphatic carbocycles. The van der Waals surface area contributed by atoms with E-state index in [4.69, 9.17) is 0 Å². The molecule has 0 radical (unpaired) electrons. The Hall–Kier alpha value is -1.76. The minimum absolute atomic E-state index is 0. The first-order valence-electron chi connectivity index (χ1n) is 8.86. The van der Waals surface area contributed by atoms with E-state index >= 15 is 0 Å². The molecule has 0 aromatic heterocycles. The Balaban J connectivity index is 0.00000338. The quantitative estimate of drug-likeness (QED) is 0.368. The largest absolute Gasteiger partial charge is 0.378 e. The van der Waals surface area contributed by atoms with Crippen molar-refractivity contribution in [3.8, 4) is 0 Å². The van der Waals surface area contributed by atoms with E-state index in [1.54, 1.807) is 0 Å². The molecule has 0 saturated heterocycles. The van der Waals surface area contributed by atoms with E-state index < -0.39 is 0 Å². The number of aliphatic imine (C=N–C) groups is 1. The molecule has 2 aromatic rings. The summed E-state index contributed by atoms with van der Waals surface area (Å²) in [6, 6.07) is 19.5. The lowest BCUT2D eigenvalue weighted by atomic mass is 10.1. The van der Waals surface area contributed by atoms with Gasteiger partial charge in [0.05, 0.1) is 0 Å². The summed E-state index contributed by atoms with van der Waals surface area (Å²) in [4.78, 5) is 6.45. The number of anilines is 1. The second-order valence-electron chi connectivity index (χ2n) is 6.56. The summed E-state index contributed by atoms with van der Waals surface area (Å²) < 4.78 is 0. The van der Waals surface area contributed by atoms with Gasteiger partial charge >= 0.3 is 0 Å². The molecule has 2 aromatic carbocycles. The molecule has 0 saturated carbocycles. The fourth-order valence-electron chi connectivity index (χ4n) is 2.66.